The van der Waals surface area contributed by atoms with Crippen molar-refractivity contribution in [3.63, 3.8) is 0 Å². The van der Waals surface area contributed by atoms with Crippen molar-refractivity contribution in [3.05, 3.63) is 97.8 Å². The van der Waals surface area contributed by atoms with Crippen molar-refractivity contribution in [3.8, 4) is 11.5 Å². The molecule has 0 amide bonds. The van der Waals surface area contributed by atoms with Crippen LogP contribution >= 0.6 is 15.9 Å². The van der Waals surface area contributed by atoms with E-state index in [1.54, 1.807) is 31.4 Å². The first-order valence-electron chi connectivity index (χ1n) is 9.64. The van der Waals surface area contributed by atoms with E-state index < -0.39 is 4.92 Å². The van der Waals surface area contributed by atoms with Crippen LogP contribution in [0.2, 0.25) is 0 Å². The van der Waals surface area contributed by atoms with Crippen LogP contribution in [0.15, 0.2) is 65.1 Å². The molecule has 0 saturated carbocycles. The Morgan fingerprint density at radius 1 is 1.03 bits per heavy atom. The van der Waals surface area contributed by atoms with E-state index in [4.69, 9.17) is 9.47 Å². The molecule has 0 aliphatic carbocycles. The van der Waals surface area contributed by atoms with Crippen LogP contribution in [0.4, 0.5) is 10.1 Å². The fourth-order valence-corrected chi connectivity index (χ4v) is 3.48. The second-order valence-corrected chi connectivity index (χ2v) is 7.68. The predicted octanol–water partition coefficient (Wildman–Crippen LogP) is 5.42. The van der Waals surface area contributed by atoms with Crippen molar-refractivity contribution in [1.82, 2.24) is 5.32 Å². The lowest BCUT2D eigenvalue weighted by Gasteiger charge is -2.17. The molecule has 162 valence electrons. The van der Waals surface area contributed by atoms with E-state index in [0.717, 1.165) is 27.6 Å². The molecule has 0 bridgehead atoms. The number of hydrogen-bond donors (Lipinski definition) is 1. The lowest BCUT2D eigenvalue weighted by Crippen LogP contribution is -2.18. The normalized spacial score (nSPS) is 10.7. The van der Waals surface area contributed by atoms with E-state index in [9.17, 15) is 14.5 Å². The minimum absolute atomic E-state index is 0.0369. The molecule has 0 atom stereocenters. The standard InChI is InChI=1S/C23H22BrFN2O4/c1-30-22-11-10-21(24)20(14-26-13-12-16-2-6-18(25)7-3-16)23(22)31-15-17-4-8-19(9-5-17)27(28)29/h2-11,26H,12-15H2,1H3. The van der Waals surface area contributed by atoms with Crippen molar-refractivity contribution in [2.24, 2.45) is 0 Å². The fraction of sp³-hybridized carbons (Fsp3) is 0.217. The Bertz CT molecular complexity index is 1030. The molecule has 6 nitrogen and oxygen atoms in total. The molecule has 0 saturated heterocycles. The highest BCUT2D eigenvalue weighted by molar-refractivity contribution is 9.10. The molecule has 3 aromatic carbocycles. The van der Waals surface area contributed by atoms with Gasteiger partial charge in [-0.1, -0.05) is 28.1 Å². The lowest BCUT2D eigenvalue weighted by atomic mass is 10.1. The molecule has 1 N–H and O–H groups in total. The van der Waals surface area contributed by atoms with E-state index in [0.29, 0.717) is 24.6 Å². The molecule has 3 rings (SSSR count). The van der Waals surface area contributed by atoms with Crippen LogP contribution in [0.5, 0.6) is 11.5 Å². The van der Waals surface area contributed by atoms with Gasteiger partial charge in [0.15, 0.2) is 11.5 Å². The van der Waals surface area contributed by atoms with Crippen LogP contribution in [0, 0.1) is 15.9 Å². The Morgan fingerprint density at radius 2 is 1.71 bits per heavy atom. The first kappa shape index (κ1) is 22.7. The van der Waals surface area contributed by atoms with E-state index in [1.165, 1.54) is 24.3 Å². The molecule has 0 aromatic heterocycles. The summed E-state index contributed by atoms with van der Waals surface area (Å²) >= 11 is 3.58. The summed E-state index contributed by atoms with van der Waals surface area (Å²) in [4.78, 5) is 10.4. The van der Waals surface area contributed by atoms with Gasteiger partial charge in [-0.3, -0.25) is 10.1 Å². The van der Waals surface area contributed by atoms with Crippen LogP contribution in [-0.4, -0.2) is 18.6 Å². The van der Waals surface area contributed by atoms with E-state index in [-0.39, 0.29) is 18.1 Å². The average Bonchev–Trinajstić information content (AvgIpc) is 2.77. The van der Waals surface area contributed by atoms with Crippen LogP contribution in [0.25, 0.3) is 0 Å². The molecule has 3 aromatic rings. The minimum Gasteiger partial charge on any atom is -0.493 e. The van der Waals surface area contributed by atoms with Gasteiger partial charge in [0.1, 0.15) is 12.4 Å². The number of methoxy groups -OCH3 is 1. The van der Waals surface area contributed by atoms with Crippen molar-refractivity contribution in [2.75, 3.05) is 13.7 Å². The second-order valence-electron chi connectivity index (χ2n) is 6.82. The Hall–Kier alpha value is -2.97. The smallest absolute Gasteiger partial charge is 0.269 e. The zero-order valence-electron chi connectivity index (χ0n) is 16.9. The highest BCUT2D eigenvalue weighted by Gasteiger charge is 2.15. The molecule has 0 heterocycles. The molecular weight excluding hydrogens is 467 g/mol. The number of ether oxygens (including phenoxy) is 2. The quantitative estimate of drug-likeness (QED) is 0.234. The van der Waals surface area contributed by atoms with Crippen molar-refractivity contribution in [2.45, 2.75) is 19.6 Å². The fourth-order valence-electron chi connectivity index (χ4n) is 3.03. The molecule has 0 spiro atoms. The summed E-state index contributed by atoms with van der Waals surface area (Å²) in [6, 6.07) is 16.4. The first-order chi connectivity index (χ1) is 15.0. The maximum atomic E-state index is 13.0. The molecular formula is C23H22BrFN2O4. The summed E-state index contributed by atoms with van der Waals surface area (Å²) in [7, 11) is 1.58. The molecule has 0 aliphatic rings. The summed E-state index contributed by atoms with van der Waals surface area (Å²) in [5.41, 5.74) is 2.80. The maximum Gasteiger partial charge on any atom is 0.269 e. The number of hydrogen-bond acceptors (Lipinski definition) is 5. The van der Waals surface area contributed by atoms with Gasteiger partial charge in [-0.25, -0.2) is 4.39 Å². The Kier molecular flexibility index (Phi) is 7.97. The largest absolute Gasteiger partial charge is 0.493 e. The topological polar surface area (TPSA) is 73.6 Å². The minimum atomic E-state index is -0.433. The number of nitrogens with one attached hydrogen (secondary N) is 1. The number of nitro benzene ring substituents is 1. The molecule has 0 unspecified atom stereocenters. The van der Waals surface area contributed by atoms with Gasteiger partial charge in [-0.15, -0.1) is 0 Å². The number of halogens is 2. The van der Waals surface area contributed by atoms with Gasteiger partial charge in [-0.2, -0.15) is 0 Å². The van der Waals surface area contributed by atoms with Gasteiger partial charge in [0.05, 0.1) is 12.0 Å². The van der Waals surface area contributed by atoms with Crippen molar-refractivity contribution in [1.29, 1.82) is 0 Å². The molecule has 8 heteroatoms. The molecule has 0 fully saturated rings. The monoisotopic (exact) mass is 488 g/mol. The Labute approximate surface area is 188 Å². The van der Waals surface area contributed by atoms with Gasteiger partial charge in [0.2, 0.25) is 0 Å². The summed E-state index contributed by atoms with van der Waals surface area (Å²) in [6.07, 6.45) is 0.765. The summed E-state index contributed by atoms with van der Waals surface area (Å²) in [6.45, 7) is 1.49. The molecule has 0 aliphatic heterocycles. The van der Waals surface area contributed by atoms with E-state index in [2.05, 4.69) is 21.2 Å². The van der Waals surface area contributed by atoms with E-state index >= 15 is 0 Å². The highest BCUT2D eigenvalue weighted by atomic mass is 79.9. The average molecular weight is 489 g/mol. The van der Waals surface area contributed by atoms with Crippen molar-refractivity contribution < 1.29 is 18.8 Å². The SMILES string of the molecule is COc1ccc(Br)c(CNCCc2ccc(F)cc2)c1OCc1ccc([N+](=O)[O-])cc1. The van der Waals surface area contributed by atoms with Crippen LogP contribution in [-0.2, 0) is 19.6 Å². The number of rotatable bonds is 10. The zero-order chi connectivity index (χ0) is 22.2. The van der Waals surface area contributed by atoms with Gasteiger partial charge >= 0.3 is 0 Å². The van der Waals surface area contributed by atoms with Crippen LogP contribution in [0.3, 0.4) is 0 Å². The predicted molar refractivity (Wildman–Crippen MR) is 120 cm³/mol. The Balaban J connectivity index is 1.66. The third-order valence-corrected chi connectivity index (χ3v) is 5.47. The lowest BCUT2D eigenvalue weighted by molar-refractivity contribution is -0.384. The first-order valence-corrected chi connectivity index (χ1v) is 10.4. The van der Waals surface area contributed by atoms with Gasteiger partial charge in [-0.05, 0) is 60.5 Å². The number of nitro groups is 1. The summed E-state index contributed by atoms with van der Waals surface area (Å²) in [5, 5.41) is 14.2. The maximum absolute atomic E-state index is 13.0. The van der Waals surface area contributed by atoms with Gasteiger partial charge in [0, 0.05) is 28.7 Å². The van der Waals surface area contributed by atoms with Crippen LogP contribution < -0.4 is 14.8 Å². The highest BCUT2D eigenvalue weighted by Crippen LogP contribution is 2.36. The van der Waals surface area contributed by atoms with Crippen molar-refractivity contribution >= 4 is 21.6 Å². The van der Waals surface area contributed by atoms with Crippen LogP contribution in [0.1, 0.15) is 16.7 Å². The zero-order valence-corrected chi connectivity index (χ0v) is 18.5. The van der Waals surface area contributed by atoms with Gasteiger partial charge in [0.25, 0.3) is 5.69 Å². The second kappa shape index (κ2) is 10.9. The summed E-state index contributed by atoms with van der Waals surface area (Å²) in [5.74, 6) is 0.955. The van der Waals surface area contributed by atoms with Gasteiger partial charge < -0.3 is 14.8 Å². The number of nitrogens with zero attached hydrogens (tertiary/aromatic N) is 1. The third kappa shape index (κ3) is 6.26. The third-order valence-electron chi connectivity index (χ3n) is 4.72. The summed E-state index contributed by atoms with van der Waals surface area (Å²) < 4.78 is 25.4. The number of benzene rings is 3. The Morgan fingerprint density at radius 3 is 2.35 bits per heavy atom. The number of non-ortho nitro benzene ring substituents is 1. The molecule has 31 heavy (non-hydrogen) atoms. The van der Waals surface area contributed by atoms with E-state index in [1.807, 2.05) is 12.1 Å². The molecule has 0 radical (unpaired) electrons.